The number of aromatic hydroxyl groups is 1. The molecule has 5 heteroatoms. The molecular weight excluding hydrogens is 330 g/mol. The van der Waals surface area contributed by atoms with Crippen molar-refractivity contribution in [1.82, 2.24) is 10.7 Å². The summed E-state index contributed by atoms with van der Waals surface area (Å²) in [5.74, 6) is 0.226. The van der Waals surface area contributed by atoms with Crippen LogP contribution in [-0.4, -0.2) is 15.9 Å². The zero-order valence-corrected chi connectivity index (χ0v) is 14.7. The lowest BCUT2D eigenvalue weighted by molar-refractivity contribution is 0.480. The van der Waals surface area contributed by atoms with Crippen molar-refractivity contribution in [3.05, 3.63) is 77.9 Å². The predicted molar refractivity (Wildman–Crippen MR) is 107 cm³/mol. The van der Waals surface area contributed by atoms with Crippen LogP contribution >= 0.6 is 12.2 Å². The molecule has 126 valence electrons. The molecule has 0 saturated heterocycles. The summed E-state index contributed by atoms with van der Waals surface area (Å²) < 4.78 is 0. The van der Waals surface area contributed by atoms with Gasteiger partial charge in [0.15, 0.2) is 5.11 Å². The first-order chi connectivity index (χ1) is 12.1. The number of nitrogens with one attached hydrogen (secondary N) is 2. The number of nitrogens with zero attached hydrogens (tertiary/aromatic N) is 1. The van der Waals surface area contributed by atoms with Gasteiger partial charge >= 0.3 is 0 Å². The van der Waals surface area contributed by atoms with Crippen molar-refractivity contribution in [2.45, 2.75) is 13.5 Å². The van der Waals surface area contributed by atoms with E-state index in [-0.39, 0.29) is 5.75 Å². The van der Waals surface area contributed by atoms with Gasteiger partial charge in [0.2, 0.25) is 0 Å². The second kappa shape index (κ2) is 7.77. The Bertz CT molecular complexity index is 923. The molecule has 0 aliphatic heterocycles. The third-order valence-electron chi connectivity index (χ3n) is 3.91. The number of benzene rings is 3. The smallest absolute Gasteiger partial charge is 0.187 e. The van der Waals surface area contributed by atoms with Crippen LogP contribution in [0.15, 0.2) is 71.8 Å². The second-order valence-corrected chi connectivity index (χ2v) is 6.07. The van der Waals surface area contributed by atoms with E-state index in [9.17, 15) is 5.11 Å². The zero-order chi connectivity index (χ0) is 17.6. The van der Waals surface area contributed by atoms with Crippen molar-refractivity contribution in [1.29, 1.82) is 0 Å². The van der Waals surface area contributed by atoms with Gasteiger partial charge in [0.1, 0.15) is 5.75 Å². The molecule has 0 atom stereocenters. The van der Waals surface area contributed by atoms with E-state index >= 15 is 0 Å². The lowest BCUT2D eigenvalue weighted by atomic mass is 10.0. The number of rotatable bonds is 4. The number of phenolic OH excluding ortho intramolecular Hbond substituents is 1. The van der Waals surface area contributed by atoms with Crippen LogP contribution in [0.5, 0.6) is 5.75 Å². The van der Waals surface area contributed by atoms with Gasteiger partial charge < -0.3 is 10.4 Å². The van der Waals surface area contributed by atoms with Crippen LogP contribution in [0.25, 0.3) is 10.8 Å². The molecule has 0 fully saturated rings. The fraction of sp³-hybridized carbons (Fsp3) is 0.100. The van der Waals surface area contributed by atoms with Crippen LogP contribution in [0.1, 0.15) is 18.1 Å². The average Bonchev–Trinajstić information content (AvgIpc) is 2.66. The van der Waals surface area contributed by atoms with E-state index in [4.69, 9.17) is 12.2 Å². The molecule has 0 aliphatic carbocycles. The summed E-state index contributed by atoms with van der Waals surface area (Å²) in [5.41, 5.74) is 5.30. The van der Waals surface area contributed by atoms with Gasteiger partial charge in [0.05, 0.1) is 5.71 Å². The van der Waals surface area contributed by atoms with E-state index in [2.05, 4.69) is 15.8 Å². The minimum Gasteiger partial charge on any atom is -0.507 e. The zero-order valence-electron chi connectivity index (χ0n) is 13.9. The minimum absolute atomic E-state index is 0.226. The Kier molecular flexibility index (Phi) is 5.26. The van der Waals surface area contributed by atoms with Crippen LogP contribution < -0.4 is 10.7 Å². The van der Waals surface area contributed by atoms with Gasteiger partial charge in [-0.15, -0.1) is 0 Å². The molecular formula is C20H19N3OS. The molecule has 0 aromatic heterocycles. The highest BCUT2D eigenvalue weighted by Crippen LogP contribution is 2.28. The van der Waals surface area contributed by atoms with Crippen molar-refractivity contribution >= 4 is 33.8 Å². The number of hydrogen-bond donors (Lipinski definition) is 3. The number of thiocarbonyl (C=S) groups is 1. The number of phenols is 1. The Hall–Kier alpha value is -2.92. The number of fused-ring (bicyclic) bond motifs is 1. The second-order valence-electron chi connectivity index (χ2n) is 5.66. The molecule has 0 spiro atoms. The molecule has 25 heavy (non-hydrogen) atoms. The van der Waals surface area contributed by atoms with Crippen LogP contribution in [0.2, 0.25) is 0 Å². The molecule has 3 rings (SSSR count). The first kappa shape index (κ1) is 16.9. The first-order valence-corrected chi connectivity index (χ1v) is 8.39. The highest BCUT2D eigenvalue weighted by atomic mass is 32.1. The SMILES string of the molecule is C/C(=N\NC(=S)NCc1ccccc1)c1ccc2ccccc2c1O. The molecule has 3 aromatic rings. The molecule has 3 N–H and O–H groups in total. The Morgan fingerprint density at radius 3 is 2.52 bits per heavy atom. The Morgan fingerprint density at radius 2 is 1.72 bits per heavy atom. The normalized spacial score (nSPS) is 11.3. The summed E-state index contributed by atoms with van der Waals surface area (Å²) in [5, 5.41) is 20.1. The van der Waals surface area contributed by atoms with Gasteiger partial charge in [0, 0.05) is 17.5 Å². The molecule has 0 amide bonds. The number of hydrogen-bond acceptors (Lipinski definition) is 3. The Labute approximate surface area is 152 Å². The standard InChI is InChI=1S/C20H19N3OS/c1-14(17-12-11-16-9-5-6-10-18(16)19(17)24)22-23-20(25)21-13-15-7-3-2-4-8-15/h2-12,24H,13H2,1H3,(H2,21,23,25)/b22-14+. The predicted octanol–water partition coefficient (Wildman–Crippen LogP) is 3.93. The van der Waals surface area contributed by atoms with Gasteiger partial charge in [-0.25, -0.2) is 0 Å². The maximum Gasteiger partial charge on any atom is 0.187 e. The van der Waals surface area contributed by atoms with Crippen LogP contribution in [0.3, 0.4) is 0 Å². The minimum atomic E-state index is 0.226. The van der Waals surface area contributed by atoms with Crippen molar-refractivity contribution in [3.63, 3.8) is 0 Å². The summed E-state index contributed by atoms with van der Waals surface area (Å²) >= 11 is 5.24. The molecule has 3 aromatic carbocycles. The lowest BCUT2D eigenvalue weighted by Crippen LogP contribution is -2.32. The lowest BCUT2D eigenvalue weighted by Gasteiger charge is -2.10. The number of hydrazone groups is 1. The van der Waals surface area contributed by atoms with Gasteiger partial charge in [0.25, 0.3) is 0 Å². The molecule has 0 heterocycles. The molecule has 0 bridgehead atoms. The van der Waals surface area contributed by atoms with Crippen LogP contribution in [-0.2, 0) is 6.54 Å². The van der Waals surface area contributed by atoms with Crippen LogP contribution in [0.4, 0.5) is 0 Å². The fourth-order valence-electron chi connectivity index (χ4n) is 2.56. The van der Waals surface area contributed by atoms with Crippen molar-refractivity contribution < 1.29 is 5.11 Å². The average molecular weight is 349 g/mol. The third-order valence-corrected chi connectivity index (χ3v) is 4.15. The van der Waals surface area contributed by atoms with E-state index in [1.54, 1.807) is 0 Å². The topological polar surface area (TPSA) is 56.7 Å². The highest BCUT2D eigenvalue weighted by Gasteiger charge is 2.08. The maximum atomic E-state index is 10.5. The van der Waals surface area contributed by atoms with Crippen LogP contribution in [0, 0.1) is 0 Å². The molecule has 0 aliphatic rings. The fourth-order valence-corrected chi connectivity index (χ4v) is 2.68. The largest absolute Gasteiger partial charge is 0.507 e. The molecule has 4 nitrogen and oxygen atoms in total. The van der Waals surface area contributed by atoms with Gasteiger partial charge in [-0.2, -0.15) is 5.10 Å². The monoisotopic (exact) mass is 349 g/mol. The summed E-state index contributed by atoms with van der Waals surface area (Å²) in [6, 6.07) is 21.5. The van der Waals surface area contributed by atoms with Crippen molar-refractivity contribution in [2.75, 3.05) is 0 Å². The van der Waals surface area contributed by atoms with Gasteiger partial charge in [-0.1, -0.05) is 60.7 Å². The Balaban J connectivity index is 1.67. The van der Waals surface area contributed by atoms with E-state index in [0.29, 0.717) is 22.9 Å². The van der Waals surface area contributed by atoms with E-state index in [1.807, 2.05) is 73.7 Å². The highest BCUT2D eigenvalue weighted by molar-refractivity contribution is 7.80. The first-order valence-electron chi connectivity index (χ1n) is 7.98. The summed E-state index contributed by atoms with van der Waals surface area (Å²) in [6.45, 7) is 2.46. The Morgan fingerprint density at radius 1 is 1.00 bits per heavy atom. The maximum absolute atomic E-state index is 10.5. The van der Waals surface area contributed by atoms with Gasteiger partial charge in [-0.05, 0) is 36.2 Å². The molecule has 0 radical (unpaired) electrons. The van der Waals surface area contributed by atoms with E-state index in [1.165, 1.54) is 0 Å². The van der Waals surface area contributed by atoms with Crippen molar-refractivity contribution in [2.24, 2.45) is 5.10 Å². The third kappa shape index (κ3) is 4.14. The quantitative estimate of drug-likeness (QED) is 0.379. The summed E-state index contributed by atoms with van der Waals surface area (Å²) in [7, 11) is 0. The molecule has 0 unspecified atom stereocenters. The van der Waals surface area contributed by atoms with Gasteiger partial charge in [-0.3, -0.25) is 5.43 Å². The molecule has 0 saturated carbocycles. The summed E-state index contributed by atoms with van der Waals surface area (Å²) in [6.07, 6.45) is 0. The van der Waals surface area contributed by atoms with E-state index < -0.39 is 0 Å². The summed E-state index contributed by atoms with van der Waals surface area (Å²) in [4.78, 5) is 0. The van der Waals surface area contributed by atoms with Crippen molar-refractivity contribution in [3.8, 4) is 5.75 Å². The van der Waals surface area contributed by atoms with E-state index in [0.717, 1.165) is 16.3 Å².